The smallest absolute Gasteiger partial charge is 0.336 e. The minimum absolute atomic E-state index is 0.363. The Balaban J connectivity index is 4.43. The predicted octanol–water partition coefficient (Wildman–Crippen LogP) is 1.27. The van der Waals surface area contributed by atoms with E-state index in [2.05, 4.69) is 4.74 Å². The first-order valence-electron chi connectivity index (χ1n) is 4.13. The highest BCUT2D eigenvalue weighted by Gasteiger charge is 2.16. The van der Waals surface area contributed by atoms with Crippen molar-refractivity contribution in [3.05, 3.63) is 11.6 Å². The number of aliphatic hydroxyl groups is 1. The molecule has 0 aromatic heterocycles. The maximum atomic E-state index is 11.1. The van der Waals surface area contributed by atoms with Crippen molar-refractivity contribution in [3.8, 4) is 0 Å². The van der Waals surface area contributed by atoms with Gasteiger partial charge in [-0.1, -0.05) is 19.9 Å². The number of ether oxygens (including phenoxy) is 1. The molecule has 1 unspecified atom stereocenters. The van der Waals surface area contributed by atoms with E-state index in [9.17, 15) is 9.90 Å². The molecule has 0 amide bonds. The van der Waals surface area contributed by atoms with Crippen LogP contribution in [-0.2, 0) is 9.53 Å². The minimum atomic E-state index is -0.697. The van der Waals surface area contributed by atoms with Gasteiger partial charge < -0.3 is 9.84 Å². The molecular formula is C9H16O3. The lowest BCUT2D eigenvalue weighted by Gasteiger charge is -2.10. The molecule has 1 atom stereocenters. The van der Waals surface area contributed by atoms with Gasteiger partial charge in [0.15, 0.2) is 0 Å². The fourth-order valence-corrected chi connectivity index (χ4v) is 0.913. The molecule has 0 aromatic carbocycles. The van der Waals surface area contributed by atoms with Crippen LogP contribution in [0.15, 0.2) is 11.6 Å². The molecule has 0 aliphatic heterocycles. The molecule has 0 bridgehead atoms. The molecule has 1 N–H and O–H groups in total. The van der Waals surface area contributed by atoms with Crippen LogP contribution in [0.2, 0.25) is 0 Å². The zero-order valence-corrected chi connectivity index (χ0v) is 7.83. The molecule has 0 spiro atoms. The summed E-state index contributed by atoms with van der Waals surface area (Å²) in [7, 11) is 1.31. The molecule has 0 saturated carbocycles. The molecular weight excluding hydrogens is 156 g/mol. The van der Waals surface area contributed by atoms with E-state index in [1.54, 1.807) is 6.08 Å². The summed E-state index contributed by atoms with van der Waals surface area (Å²) in [6, 6.07) is 0. The SMILES string of the molecule is CC/C=C(\C(=O)OC)C(O)CC. The number of rotatable bonds is 4. The normalized spacial score (nSPS) is 14.2. The summed E-state index contributed by atoms with van der Waals surface area (Å²) in [4.78, 5) is 11.1. The monoisotopic (exact) mass is 172 g/mol. The van der Waals surface area contributed by atoms with Crippen molar-refractivity contribution in [1.29, 1.82) is 0 Å². The Morgan fingerprint density at radius 2 is 2.17 bits per heavy atom. The largest absolute Gasteiger partial charge is 0.466 e. The highest BCUT2D eigenvalue weighted by Crippen LogP contribution is 2.08. The number of esters is 1. The minimum Gasteiger partial charge on any atom is -0.466 e. The lowest BCUT2D eigenvalue weighted by molar-refractivity contribution is -0.137. The van der Waals surface area contributed by atoms with Crippen LogP contribution in [0.3, 0.4) is 0 Å². The van der Waals surface area contributed by atoms with Crippen molar-refractivity contribution < 1.29 is 14.6 Å². The summed E-state index contributed by atoms with van der Waals surface area (Å²) in [5.41, 5.74) is 0.363. The molecule has 0 aromatic rings. The second-order valence-corrected chi connectivity index (χ2v) is 2.48. The van der Waals surface area contributed by atoms with Gasteiger partial charge in [-0.2, -0.15) is 0 Å². The molecule has 0 radical (unpaired) electrons. The molecule has 0 heterocycles. The Morgan fingerprint density at radius 3 is 2.50 bits per heavy atom. The van der Waals surface area contributed by atoms with E-state index in [1.807, 2.05) is 13.8 Å². The second kappa shape index (κ2) is 5.77. The van der Waals surface area contributed by atoms with Crippen LogP contribution in [0.25, 0.3) is 0 Å². The van der Waals surface area contributed by atoms with E-state index in [1.165, 1.54) is 7.11 Å². The maximum Gasteiger partial charge on any atom is 0.336 e. The van der Waals surface area contributed by atoms with Crippen LogP contribution < -0.4 is 0 Å². The quantitative estimate of drug-likeness (QED) is 0.513. The van der Waals surface area contributed by atoms with Gasteiger partial charge in [0.05, 0.1) is 18.8 Å². The maximum absolute atomic E-state index is 11.1. The molecule has 0 fully saturated rings. The Hall–Kier alpha value is -0.830. The second-order valence-electron chi connectivity index (χ2n) is 2.48. The Labute approximate surface area is 73.0 Å². The zero-order valence-electron chi connectivity index (χ0n) is 7.83. The number of carbonyl (C=O) groups is 1. The third-order valence-electron chi connectivity index (χ3n) is 1.59. The van der Waals surface area contributed by atoms with Gasteiger partial charge in [0.25, 0.3) is 0 Å². The van der Waals surface area contributed by atoms with Gasteiger partial charge >= 0.3 is 5.97 Å². The Morgan fingerprint density at radius 1 is 1.58 bits per heavy atom. The van der Waals surface area contributed by atoms with Gasteiger partial charge in [0.2, 0.25) is 0 Å². The molecule has 0 aliphatic rings. The van der Waals surface area contributed by atoms with Gasteiger partial charge in [-0.25, -0.2) is 4.79 Å². The van der Waals surface area contributed by atoms with Gasteiger partial charge in [0, 0.05) is 0 Å². The van der Waals surface area contributed by atoms with Crippen LogP contribution in [0.1, 0.15) is 26.7 Å². The van der Waals surface area contributed by atoms with E-state index in [-0.39, 0.29) is 0 Å². The molecule has 3 nitrogen and oxygen atoms in total. The van der Waals surface area contributed by atoms with Gasteiger partial charge in [0.1, 0.15) is 0 Å². The van der Waals surface area contributed by atoms with E-state index >= 15 is 0 Å². The summed E-state index contributed by atoms with van der Waals surface area (Å²) in [6.07, 6.45) is 2.25. The number of allylic oxidation sites excluding steroid dienone is 1. The summed E-state index contributed by atoms with van der Waals surface area (Å²) in [5, 5.41) is 9.38. The van der Waals surface area contributed by atoms with Crippen molar-refractivity contribution in [3.63, 3.8) is 0 Å². The average Bonchev–Trinajstić information content (AvgIpc) is 2.11. The van der Waals surface area contributed by atoms with Crippen molar-refractivity contribution in [2.75, 3.05) is 7.11 Å². The number of hydrogen-bond acceptors (Lipinski definition) is 3. The lowest BCUT2D eigenvalue weighted by Crippen LogP contribution is -2.18. The van der Waals surface area contributed by atoms with E-state index in [0.29, 0.717) is 12.0 Å². The van der Waals surface area contributed by atoms with Gasteiger partial charge in [-0.15, -0.1) is 0 Å². The van der Waals surface area contributed by atoms with E-state index in [0.717, 1.165) is 6.42 Å². The Kier molecular flexibility index (Phi) is 5.37. The topological polar surface area (TPSA) is 46.5 Å². The summed E-state index contributed by atoms with van der Waals surface area (Å²) in [5.74, 6) is -0.439. The number of carbonyl (C=O) groups excluding carboxylic acids is 1. The molecule has 0 aliphatic carbocycles. The molecule has 0 rings (SSSR count). The fraction of sp³-hybridized carbons (Fsp3) is 0.667. The van der Waals surface area contributed by atoms with Crippen LogP contribution in [-0.4, -0.2) is 24.3 Å². The fourth-order valence-electron chi connectivity index (χ4n) is 0.913. The van der Waals surface area contributed by atoms with Crippen molar-refractivity contribution in [2.24, 2.45) is 0 Å². The van der Waals surface area contributed by atoms with Crippen molar-refractivity contribution >= 4 is 5.97 Å². The third kappa shape index (κ3) is 3.05. The van der Waals surface area contributed by atoms with Gasteiger partial charge in [-0.05, 0) is 12.8 Å². The first kappa shape index (κ1) is 11.2. The molecule has 70 valence electrons. The van der Waals surface area contributed by atoms with E-state index in [4.69, 9.17) is 0 Å². The van der Waals surface area contributed by atoms with Crippen LogP contribution in [0.5, 0.6) is 0 Å². The number of methoxy groups -OCH3 is 1. The summed E-state index contributed by atoms with van der Waals surface area (Å²) < 4.78 is 4.52. The van der Waals surface area contributed by atoms with Gasteiger partial charge in [-0.3, -0.25) is 0 Å². The first-order valence-corrected chi connectivity index (χ1v) is 4.13. The summed E-state index contributed by atoms with van der Waals surface area (Å²) in [6.45, 7) is 3.72. The molecule has 0 saturated heterocycles. The van der Waals surface area contributed by atoms with Crippen LogP contribution >= 0.6 is 0 Å². The number of hydrogen-bond donors (Lipinski definition) is 1. The van der Waals surface area contributed by atoms with Crippen LogP contribution in [0, 0.1) is 0 Å². The van der Waals surface area contributed by atoms with E-state index < -0.39 is 12.1 Å². The Bertz CT molecular complexity index is 173. The average molecular weight is 172 g/mol. The highest BCUT2D eigenvalue weighted by atomic mass is 16.5. The lowest BCUT2D eigenvalue weighted by atomic mass is 10.1. The molecule has 12 heavy (non-hydrogen) atoms. The molecule has 3 heteroatoms. The predicted molar refractivity (Wildman–Crippen MR) is 46.7 cm³/mol. The third-order valence-corrected chi connectivity index (χ3v) is 1.59. The number of aliphatic hydroxyl groups excluding tert-OH is 1. The first-order chi connectivity index (χ1) is 5.67. The standard InChI is InChI=1S/C9H16O3/c1-4-6-7(8(10)5-2)9(11)12-3/h6,8,10H,4-5H2,1-3H3/b7-6-. The highest BCUT2D eigenvalue weighted by molar-refractivity contribution is 5.89. The van der Waals surface area contributed by atoms with Crippen molar-refractivity contribution in [2.45, 2.75) is 32.8 Å². The van der Waals surface area contributed by atoms with Crippen LogP contribution in [0.4, 0.5) is 0 Å². The zero-order chi connectivity index (χ0) is 9.56. The van der Waals surface area contributed by atoms with Crippen molar-refractivity contribution in [1.82, 2.24) is 0 Å². The summed E-state index contributed by atoms with van der Waals surface area (Å²) >= 11 is 0.